The van der Waals surface area contributed by atoms with Gasteiger partial charge in [0.1, 0.15) is 11.5 Å². The third-order valence-electron chi connectivity index (χ3n) is 3.42. The standard InChI is InChI=1S/C20H20O4/c1-23-18-10-11-19(24-2)17(14-18)12-16(13-20(21)22)9-8-15-6-4-3-5-7-15/h3-12,14H,13H2,1-2H3,(H,21,22)/b9-8+,16-12-. The molecule has 4 heteroatoms. The number of hydrogen-bond donors (Lipinski definition) is 1. The van der Waals surface area contributed by atoms with Crippen LogP contribution in [0.4, 0.5) is 0 Å². The second-order valence-electron chi connectivity index (χ2n) is 5.14. The van der Waals surface area contributed by atoms with Gasteiger partial charge >= 0.3 is 5.97 Å². The normalized spacial score (nSPS) is 11.5. The Morgan fingerprint density at radius 1 is 1.08 bits per heavy atom. The van der Waals surface area contributed by atoms with Gasteiger partial charge in [-0.15, -0.1) is 0 Å². The van der Waals surface area contributed by atoms with Crippen LogP contribution in [0.25, 0.3) is 12.2 Å². The van der Waals surface area contributed by atoms with Crippen LogP contribution in [0.15, 0.2) is 60.2 Å². The highest BCUT2D eigenvalue weighted by molar-refractivity contribution is 5.76. The molecule has 4 nitrogen and oxygen atoms in total. The Hall–Kier alpha value is -3.01. The molecule has 0 unspecified atom stereocenters. The van der Waals surface area contributed by atoms with Gasteiger partial charge in [-0.05, 0) is 35.4 Å². The first-order chi connectivity index (χ1) is 11.6. The van der Waals surface area contributed by atoms with Gasteiger partial charge < -0.3 is 14.6 Å². The van der Waals surface area contributed by atoms with Crippen LogP contribution in [0.3, 0.4) is 0 Å². The molecule has 0 saturated heterocycles. The fraction of sp³-hybridized carbons (Fsp3) is 0.150. The third-order valence-corrected chi connectivity index (χ3v) is 3.42. The zero-order chi connectivity index (χ0) is 17.4. The lowest BCUT2D eigenvalue weighted by Gasteiger charge is -2.08. The molecule has 0 spiro atoms. The smallest absolute Gasteiger partial charge is 0.307 e. The molecule has 0 aliphatic heterocycles. The molecule has 0 heterocycles. The predicted molar refractivity (Wildman–Crippen MR) is 95.3 cm³/mol. The lowest BCUT2D eigenvalue weighted by molar-refractivity contribution is -0.136. The van der Waals surface area contributed by atoms with E-state index in [1.165, 1.54) is 0 Å². The largest absolute Gasteiger partial charge is 0.497 e. The molecule has 24 heavy (non-hydrogen) atoms. The van der Waals surface area contributed by atoms with Gasteiger partial charge in [-0.25, -0.2) is 0 Å². The molecule has 2 aromatic rings. The summed E-state index contributed by atoms with van der Waals surface area (Å²) in [5.74, 6) is 0.455. The summed E-state index contributed by atoms with van der Waals surface area (Å²) in [5, 5.41) is 9.16. The lowest BCUT2D eigenvalue weighted by Crippen LogP contribution is -1.96. The van der Waals surface area contributed by atoms with Gasteiger partial charge in [0.15, 0.2) is 0 Å². The first-order valence-corrected chi connectivity index (χ1v) is 7.50. The summed E-state index contributed by atoms with van der Waals surface area (Å²) in [5.41, 5.74) is 2.44. The Kier molecular flexibility index (Phi) is 6.20. The molecule has 2 rings (SSSR count). The van der Waals surface area contributed by atoms with Crippen molar-refractivity contribution in [2.45, 2.75) is 6.42 Å². The minimum absolute atomic E-state index is 0.0797. The van der Waals surface area contributed by atoms with Crippen molar-refractivity contribution in [3.05, 3.63) is 71.3 Å². The number of aliphatic carboxylic acids is 1. The summed E-state index contributed by atoms with van der Waals surface area (Å²) in [4.78, 5) is 11.2. The van der Waals surface area contributed by atoms with Crippen molar-refractivity contribution in [2.24, 2.45) is 0 Å². The second kappa shape index (κ2) is 8.58. The van der Waals surface area contributed by atoms with Crippen molar-refractivity contribution in [3.8, 4) is 11.5 Å². The molecule has 0 aliphatic carbocycles. The first-order valence-electron chi connectivity index (χ1n) is 7.50. The van der Waals surface area contributed by atoms with Crippen molar-refractivity contribution >= 4 is 18.1 Å². The maximum atomic E-state index is 11.2. The monoisotopic (exact) mass is 324 g/mol. The molecule has 0 saturated carbocycles. The molecule has 0 bridgehead atoms. The van der Waals surface area contributed by atoms with Gasteiger partial charge in [-0.1, -0.05) is 42.5 Å². The molecule has 1 N–H and O–H groups in total. The van der Waals surface area contributed by atoms with Crippen molar-refractivity contribution in [2.75, 3.05) is 14.2 Å². The quantitative estimate of drug-likeness (QED) is 0.773. The van der Waals surface area contributed by atoms with E-state index in [0.717, 1.165) is 11.1 Å². The molecule has 0 aromatic heterocycles. The van der Waals surface area contributed by atoms with E-state index in [2.05, 4.69) is 0 Å². The summed E-state index contributed by atoms with van der Waals surface area (Å²) in [6, 6.07) is 15.1. The predicted octanol–water partition coefficient (Wildman–Crippen LogP) is 4.28. The SMILES string of the molecule is COc1ccc(OC)c(/C=C(/C=C/c2ccccc2)CC(=O)O)c1. The summed E-state index contributed by atoms with van der Waals surface area (Å²) in [7, 11) is 3.17. The van der Waals surface area contributed by atoms with Gasteiger partial charge in [0.25, 0.3) is 0 Å². The van der Waals surface area contributed by atoms with Gasteiger partial charge in [-0.2, -0.15) is 0 Å². The summed E-state index contributed by atoms with van der Waals surface area (Å²) in [6.45, 7) is 0. The number of methoxy groups -OCH3 is 2. The van der Waals surface area contributed by atoms with Gasteiger partial charge in [0.2, 0.25) is 0 Å². The molecule has 0 aliphatic rings. The van der Waals surface area contributed by atoms with Gasteiger partial charge in [0.05, 0.1) is 20.6 Å². The van der Waals surface area contributed by atoms with Crippen LogP contribution in [0.1, 0.15) is 17.5 Å². The molecular formula is C20H20O4. The highest BCUT2D eigenvalue weighted by Crippen LogP contribution is 2.27. The molecular weight excluding hydrogens is 304 g/mol. The fourth-order valence-electron chi connectivity index (χ4n) is 2.25. The minimum atomic E-state index is -0.888. The first kappa shape index (κ1) is 17.3. The average Bonchev–Trinajstić information content (AvgIpc) is 2.60. The van der Waals surface area contributed by atoms with E-state index in [-0.39, 0.29) is 6.42 Å². The van der Waals surface area contributed by atoms with Crippen molar-refractivity contribution in [1.82, 2.24) is 0 Å². The van der Waals surface area contributed by atoms with Crippen molar-refractivity contribution in [1.29, 1.82) is 0 Å². The van der Waals surface area contributed by atoms with Crippen molar-refractivity contribution in [3.63, 3.8) is 0 Å². The zero-order valence-corrected chi connectivity index (χ0v) is 13.7. The maximum absolute atomic E-state index is 11.2. The number of carbonyl (C=O) groups is 1. The number of hydrogen-bond acceptors (Lipinski definition) is 3. The van der Waals surface area contributed by atoms with Crippen LogP contribution < -0.4 is 9.47 Å². The topological polar surface area (TPSA) is 55.8 Å². The van der Waals surface area contributed by atoms with Crippen LogP contribution in [0.5, 0.6) is 11.5 Å². The van der Waals surface area contributed by atoms with E-state index < -0.39 is 5.97 Å². The Balaban J connectivity index is 2.38. The van der Waals surface area contributed by atoms with Crippen molar-refractivity contribution < 1.29 is 19.4 Å². The minimum Gasteiger partial charge on any atom is -0.497 e. The van der Waals surface area contributed by atoms with Crippen LogP contribution in [0, 0.1) is 0 Å². The number of ether oxygens (including phenoxy) is 2. The summed E-state index contributed by atoms with van der Waals surface area (Å²) < 4.78 is 10.6. The lowest BCUT2D eigenvalue weighted by atomic mass is 10.0. The van der Waals surface area contributed by atoms with Crippen LogP contribution in [0.2, 0.25) is 0 Å². The highest BCUT2D eigenvalue weighted by Gasteiger charge is 2.06. The van der Waals surface area contributed by atoms with E-state index in [0.29, 0.717) is 17.1 Å². The highest BCUT2D eigenvalue weighted by atomic mass is 16.5. The number of allylic oxidation sites excluding steroid dienone is 1. The Labute approximate surface area is 141 Å². The zero-order valence-electron chi connectivity index (χ0n) is 13.7. The van der Waals surface area contributed by atoms with E-state index in [4.69, 9.17) is 14.6 Å². The summed E-state index contributed by atoms with van der Waals surface area (Å²) in [6.07, 6.45) is 5.42. The molecule has 0 radical (unpaired) electrons. The Morgan fingerprint density at radius 3 is 2.46 bits per heavy atom. The van der Waals surface area contributed by atoms with Gasteiger partial charge in [0, 0.05) is 5.56 Å². The Bertz CT molecular complexity index is 745. The van der Waals surface area contributed by atoms with E-state index in [1.807, 2.05) is 48.6 Å². The van der Waals surface area contributed by atoms with Gasteiger partial charge in [-0.3, -0.25) is 4.79 Å². The second-order valence-corrected chi connectivity index (χ2v) is 5.14. The van der Waals surface area contributed by atoms with E-state index in [9.17, 15) is 4.79 Å². The van der Waals surface area contributed by atoms with Crippen LogP contribution in [-0.2, 0) is 4.79 Å². The number of rotatable bonds is 7. The number of carboxylic acids is 1. The Morgan fingerprint density at radius 2 is 1.83 bits per heavy atom. The van der Waals surface area contributed by atoms with Crippen LogP contribution in [-0.4, -0.2) is 25.3 Å². The average molecular weight is 324 g/mol. The molecule has 0 amide bonds. The fourth-order valence-corrected chi connectivity index (χ4v) is 2.25. The molecule has 0 fully saturated rings. The van der Waals surface area contributed by atoms with Crippen LogP contribution >= 0.6 is 0 Å². The van der Waals surface area contributed by atoms with E-state index in [1.54, 1.807) is 32.4 Å². The molecule has 2 aromatic carbocycles. The number of carboxylic acid groups (broad SMARTS) is 1. The maximum Gasteiger partial charge on any atom is 0.307 e. The molecule has 124 valence electrons. The van der Waals surface area contributed by atoms with E-state index >= 15 is 0 Å². The third kappa shape index (κ3) is 5.02. The summed E-state index contributed by atoms with van der Waals surface area (Å²) >= 11 is 0. The number of benzene rings is 2. The molecule has 0 atom stereocenters.